The van der Waals surface area contributed by atoms with Crippen molar-refractivity contribution in [2.45, 2.75) is 25.2 Å². The maximum Gasteiger partial charge on any atom is 0.251 e. The second-order valence-electron chi connectivity index (χ2n) is 8.22. The van der Waals surface area contributed by atoms with Crippen LogP contribution in [0.25, 0.3) is 0 Å². The molecule has 174 valence electrons. The normalized spacial score (nSPS) is 14.4. The van der Waals surface area contributed by atoms with Crippen LogP contribution >= 0.6 is 11.6 Å². The average molecular weight is 476 g/mol. The van der Waals surface area contributed by atoms with Gasteiger partial charge in [-0.05, 0) is 66.9 Å². The van der Waals surface area contributed by atoms with Gasteiger partial charge in [0.15, 0.2) is 0 Å². The molecule has 1 saturated heterocycles. The van der Waals surface area contributed by atoms with Crippen molar-refractivity contribution in [3.05, 3.63) is 95.0 Å². The lowest BCUT2D eigenvalue weighted by molar-refractivity contribution is -0.119. The first kappa shape index (κ1) is 23.5. The number of nitrogens with zero attached hydrogens (tertiary/aromatic N) is 1. The van der Waals surface area contributed by atoms with Crippen LogP contribution in [-0.2, 0) is 9.59 Å². The summed E-state index contributed by atoms with van der Waals surface area (Å²) >= 11 is 5.93. The van der Waals surface area contributed by atoms with Crippen molar-refractivity contribution in [1.29, 1.82) is 0 Å². The van der Waals surface area contributed by atoms with Crippen LogP contribution in [0.5, 0.6) is 0 Å². The number of rotatable bonds is 7. The summed E-state index contributed by atoms with van der Waals surface area (Å²) in [6.45, 7) is 0.834. The minimum atomic E-state index is -0.578. The summed E-state index contributed by atoms with van der Waals surface area (Å²) in [7, 11) is 0. The van der Waals surface area contributed by atoms with Crippen LogP contribution in [0, 0.1) is 0 Å². The highest BCUT2D eigenvalue weighted by Crippen LogP contribution is 2.22. The van der Waals surface area contributed by atoms with Gasteiger partial charge in [0.2, 0.25) is 11.8 Å². The van der Waals surface area contributed by atoms with Crippen molar-refractivity contribution in [1.82, 2.24) is 5.32 Å². The lowest BCUT2D eigenvalue weighted by Gasteiger charge is -2.26. The fraction of sp³-hybridized carbons (Fsp3) is 0.222. The van der Waals surface area contributed by atoms with Crippen molar-refractivity contribution >= 4 is 40.7 Å². The van der Waals surface area contributed by atoms with E-state index in [1.807, 2.05) is 30.3 Å². The number of halogens is 1. The van der Waals surface area contributed by atoms with Gasteiger partial charge in [0.05, 0.1) is 5.92 Å². The lowest BCUT2D eigenvalue weighted by Crippen LogP contribution is -2.35. The van der Waals surface area contributed by atoms with Gasteiger partial charge in [0.1, 0.15) is 0 Å². The first-order chi connectivity index (χ1) is 16.5. The maximum absolute atomic E-state index is 13.1. The number of anilines is 2. The molecule has 6 nitrogen and oxygen atoms in total. The molecule has 1 atom stereocenters. The van der Waals surface area contributed by atoms with Gasteiger partial charge in [-0.3, -0.25) is 14.4 Å². The molecule has 1 aliphatic heterocycles. The smallest absolute Gasteiger partial charge is 0.251 e. The van der Waals surface area contributed by atoms with Gasteiger partial charge in [0.25, 0.3) is 5.91 Å². The lowest BCUT2D eigenvalue weighted by atomic mass is 9.97. The largest absolute Gasteiger partial charge is 0.351 e. The molecule has 0 aromatic heterocycles. The van der Waals surface area contributed by atoms with Crippen LogP contribution in [0.2, 0.25) is 5.02 Å². The molecule has 34 heavy (non-hydrogen) atoms. The zero-order chi connectivity index (χ0) is 23.9. The van der Waals surface area contributed by atoms with Crippen LogP contribution in [0.1, 0.15) is 41.1 Å². The van der Waals surface area contributed by atoms with Crippen molar-refractivity contribution in [2.75, 3.05) is 23.3 Å². The van der Waals surface area contributed by atoms with Crippen LogP contribution in [-0.4, -0.2) is 30.8 Å². The van der Waals surface area contributed by atoms with Crippen molar-refractivity contribution in [3.63, 3.8) is 0 Å². The Morgan fingerprint density at radius 3 is 2.29 bits per heavy atom. The summed E-state index contributed by atoms with van der Waals surface area (Å²) in [5.74, 6) is -0.976. The second-order valence-corrected chi connectivity index (χ2v) is 8.66. The highest BCUT2D eigenvalue weighted by Gasteiger charge is 2.23. The van der Waals surface area contributed by atoms with E-state index in [1.165, 1.54) is 0 Å². The molecule has 2 N–H and O–H groups in total. The quantitative estimate of drug-likeness (QED) is 0.504. The number of benzene rings is 3. The van der Waals surface area contributed by atoms with E-state index >= 15 is 0 Å². The number of amides is 3. The Morgan fingerprint density at radius 2 is 1.62 bits per heavy atom. The zero-order valence-electron chi connectivity index (χ0n) is 18.7. The van der Waals surface area contributed by atoms with Crippen molar-refractivity contribution < 1.29 is 14.4 Å². The molecule has 0 spiro atoms. The SMILES string of the molecule is O=C(NCC(C(=O)Nc1ccc(Cl)cc1)c1ccccc1)c1ccc(N2CCCCC2=O)cc1. The van der Waals surface area contributed by atoms with Crippen LogP contribution in [0.3, 0.4) is 0 Å². The fourth-order valence-corrected chi connectivity index (χ4v) is 4.10. The Bertz CT molecular complexity index is 1150. The van der Waals surface area contributed by atoms with E-state index in [0.717, 1.165) is 24.1 Å². The summed E-state index contributed by atoms with van der Waals surface area (Å²) in [6, 6.07) is 23.2. The third-order valence-corrected chi connectivity index (χ3v) is 6.11. The molecule has 0 saturated carbocycles. The third-order valence-electron chi connectivity index (χ3n) is 5.86. The van der Waals surface area contributed by atoms with Crippen LogP contribution < -0.4 is 15.5 Å². The molecule has 1 heterocycles. The Hall–Kier alpha value is -3.64. The Labute approximate surface area is 203 Å². The van der Waals surface area contributed by atoms with E-state index in [9.17, 15) is 14.4 Å². The summed E-state index contributed by atoms with van der Waals surface area (Å²) in [6.07, 6.45) is 2.46. The Morgan fingerprint density at radius 1 is 0.912 bits per heavy atom. The molecular weight excluding hydrogens is 450 g/mol. The van der Waals surface area contributed by atoms with Gasteiger partial charge >= 0.3 is 0 Å². The number of nitrogens with one attached hydrogen (secondary N) is 2. The molecular formula is C27H26ClN3O3. The number of hydrogen-bond donors (Lipinski definition) is 2. The van der Waals surface area contributed by atoms with Crippen molar-refractivity contribution in [2.24, 2.45) is 0 Å². The Balaban J connectivity index is 1.43. The standard InChI is InChI=1S/C27H26ClN3O3/c28-21-11-13-22(14-12-21)30-27(34)24(19-6-2-1-3-7-19)18-29-26(33)20-9-15-23(16-10-20)31-17-5-4-8-25(31)32/h1-3,6-7,9-16,24H,4-5,8,17-18H2,(H,29,33)(H,30,34). The van der Waals surface area contributed by atoms with Crippen LogP contribution in [0.4, 0.5) is 11.4 Å². The summed E-state index contributed by atoms with van der Waals surface area (Å²) in [4.78, 5) is 39.8. The highest BCUT2D eigenvalue weighted by molar-refractivity contribution is 6.30. The van der Waals surface area contributed by atoms with E-state index in [-0.39, 0.29) is 24.3 Å². The highest BCUT2D eigenvalue weighted by atomic mass is 35.5. The van der Waals surface area contributed by atoms with Gasteiger partial charge in [-0.25, -0.2) is 0 Å². The topological polar surface area (TPSA) is 78.5 Å². The molecule has 4 rings (SSSR count). The Kier molecular flexibility index (Phi) is 7.60. The van der Waals surface area contributed by atoms with E-state index in [1.54, 1.807) is 53.4 Å². The molecule has 3 aromatic rings. The van der Waals surface area contributed by atoms with Gasteiger partial charge < -0.3 is 15.5 Å². The van der Waals surface area contributed by atoms with Gasteiger partial charge in [0, 0.05) is 41.5 Å². The molecule has 3 aromatic carbocycles. The first-order valence-electron chi connectivity index (χ1n) is 11.3. The van der Waals surface area contributed by atoms with E-state index < -0.39 is 5.92 Å². The summed E-state index contributed by atoms with van der Waals surface area (Å²) in [5.41, 5.74) is 2.70. The van der Waals surface area contributed by atoms with Crippen LogP contribution in [0.15, 0.2) is 78.9 Å². The molecule has 0 radical (unpaired) electrons. The monoisotopic (exact) mass is 475 g/mol. The molecule has 3 amide bonds. The number of hydrogen-bond acceptors (Lipinski definition) is 3. The first-order valence-corrected chi connectivity index (χ1v) is 11.7. The van der Waals surface area contributed by atoms with E-state index in [4.69, 9.17) is 11.6 Å². The number of piperidine rings is 1. The van der Waals surface area contributed by atoms with Crippen molar-refractivity contribution in [3.8, 4) is 0 Å². The minimum absolute atomic E-state index is 0.112. The third kappa shape index (κ3) is 5.83. The zero-order valence-corrected chi connectivity index (χ0v) is 19.4. The van der Waals surface area contributed by atoms with E-state index in [2.05, 4.69) is 10.6 Å². The molecule has 1 fully saturated rings. The predicted molar refractivity (Wildman–Crippen MR) is 134 cm³/mol. The summed E-state index contributed by atoms with van der Waals surface area (Å²) < 4.78 is 0. The fourth-order valence-electron chi connectivity index (χ4n) is 3.98. The number of carbonyl (C=O) groups is 3. The molecule has 1 aliphatic rings. The molecule has 1 unspecified atom stereocenters. The molecule has 7 heteroatoms. The van der Waals surface area contributed by atoms with Gasteiger partial charge in [-0.1, -0.05) is 41.9 Å². The molecule has 0 aliphatic carbocycles. The predicted octanol–water partition coefficient (Wildman–Crippen LogP) is 5.01. The van der Waals surface area contributed by atoms with Gasteiger partial charge in [-0.2, -0.15) is 0 Å². The minimum Gasteiger partial charge on any atom is -0.351 e. The van der Waals surface area contributed by atoms with E-state index in [0.29, 0.717) is 29.2 Å². The summed E-state index contributed by atoms with van der Waals surface area (Å²) in [5, 5.41) is 6.36. The molecule has 0 bridgehead atoms. The number of carbonyl (C=O) groups excluding carboxylic acids is 3. The second kappa shape index (κ2) is 11.0. The average Bonchev–Trinajstić information content (AvgIpc) is 2.86. The maximum atomic E-state index is 13.1. The van der Waals surface area contributed by atoms with Gasteiger partial charge in [-0.15, -0.1) is 0 Å².